The minimum atomic E-state index is -0.109. The minimum Gasteiger partial charge on any atom is -0.319 e. The molecular weight excluding hydrogens is 292 g/mol. The number of thiazole rings is 1. The van der Waals surface area contributed by atoms with Crippen molar-refractivity contribution in [3.05, 3.63) is 64.0 Å². The Hall–Kier alpha value is -2.20. The fourth-order valence-electron chi connectivity index (χ4n) is 2.71. The van der Waals surface area contributed by atoms with Gasteiger partial charge in [0.25, 0.3) is 5.91 Å². The van der Waals surface area contributed by atoms with Crippen molar-refractivity contribution in [1.82, 2.24) is 4.57 Å². The Balaban J connectivity index is 2.01. The van der Waals surface area contributed by atoms with Gasteiger partial charge in [0.05, 0.1) is 16.6 Å². The van der Waals surface area contributed by atoms with E-state index in [9.17, 15) is 4.79 Å². The SMILES string of the molecule is Cc1cc(C)c2c(c1)sc(=NC(=O)Cc1ccccc1)n2C. The molecule has 0 spiro atoms. The van der Waals surface area contributed by atoms with Gasteiger partial charge in [0.15, 0.2) is 4.80 Å². The van der Waals surface area contributed by atoms with Crippen LogP contribution < -0.4 is 4.80 Å². The molecule has 112 valence electrons. The van der Waals surface area contributed by atoms with Gasteiger partial charge in [-0.15, -0.1) is 0 Å². The van der Waals surface area contributed by atoms with Crippen molar-refractivity contribution < 1.29 is 4.79 Å². The van der Waals surface area contributed by atoms with Crippen LogP contribution in [0.5, 0.6) is 0 Å². The highest BCUT2D eigenvalue weighted by atomic mass is 32.1. The predicted octanol–water partition coefficient (Wildman–Crippen LogP) is 3.53. The van der Waals surface area contributed by atoms with Crippen LogP contribution in [-0.2, 0) is 18.3 Å². The summed E-state index contributed by atoms with van der Waals surface area (Å²) in [6.45, 7) is 4.18. The standard InChI is InChI=1S/C18H18N2OS/c1-12-9-13(2)17-15(10-12)22-18(20(17)3)19-16(21)11-14-7-5-4-6-8-14/h4-10H,11H2,1-3H3. The molecular formula is C18H18N2OS. The lowest BCUT2D eigenvalue weighted by Gasteiger charge is -2.01. The van der Waals surface area contributed by atoms with Gasteiger partial charge in [-0.1, -0.05) is 47.7 Å². The van der Waals surface area contributed by atoms with E-state index in [0.29, 0.717) is 6.42 Å². The van der Waals surface area contributed by atoms with E-state index in [-0.39, 0.29) is 5.91 Å². The first-order valence-electron chi connectivity index (χ1n) is 7.23. The van der Waals surface area contributed by atoms with E-state index in [4.69, 9.17) is 0 Å². The molecule has 2 aromatic carbocycles. The molecule has 1 aromatic heterocycles. The topological polar surface area (TPSA) is 34.4 Å². The predicted molar refractivity (Wildman–Crippen MR) is 91.0 cm³/mol. The molecule has 0 atom stereocenters. The van der Waals surface area contributed by atoms with Crippen LogP contribution in [-0.4, -0.2) is 10.5 Å². The van der Waals surface area contributed by atoms with Crippen molar-refractivity contribution >= 4 is 27.5 Å². The van der Waals surface area contributed by atoms with Crippen LogP contribution in [0.2, 0.25) is 0 Å². The second-order valence-corrected chi connectivity index (χ2v) is 6.55. The summed E-state index contributed by atoms with van der Waals surface area (Å²) >= 11 is 1.57. The van der Waals surface area contributed by atoms with E-state index in [1.165, 1.54) is 15.8 Å². The highest BCUT2D eigenvalue weighted by molar-refractivity contribution is 7.16. The summed E-state index contributed by atoms with van der Waals surface area (Å²) < 4.78 is 3.18. The molecule has 0 saturated carbocycles. The van der Waals surface area contributed by atoms with Crippen LogP contribution in [0.1, 0.15) is 16.7 Å². The average Bonchev–Trinajstić information content (AvgIpc) is 2.76. The van der Waals surface area contributed by atoms with Crippen LogP contribution in [0.25, 0.3) is 10.2 Å². The van der Waals surface area contributed by atoms with Crippen molar-refractivity contribution in [2.45, 2.75) is 20.3 Å². The van der Waals surface area contributed by atoms with Gasteiger partial charge in [-0.05, 0) is 36.6 Å². The van der Waals surface area contributed by atoms with Gasteiger partial charge in [0, 0.05) is 7.05 Å². The zero-order valence-electron chi connectivity index (χ0n) is 13.0. The fourth-order valence-corrected chi connectivity index (χ4v) is 3.92. The molecule has 0 radical (unpaired) electrons. The Morgan fingerprint density at radius 3 is 2.64 bits per heavy atom. The Labute approximate surface area is 133 Å². The number of carbonyl (C=O) groups is 1. The van der Waals surface area contributed by atoms with Gasteiger partial charge in [-0.3, -0.25) is 4.79 Å². The number of fused-ring (bicyclic) bond motifs is 1. The van der Waals surface area contributed by atoms with E-state index >= 15 is 0 Å². The number of aromatic nitrogens is 1. The molecule has 3 aromatic rings. The monoisotopic (exact) mass is 310 g/mol. The number of carbonyl (C=O) groups excluding carboxylic acids is 1. The van der Waals surface area contributed by atoms with Gasteiger partial charge in [0.1, 0.15) is 0 Å². The van der Waals surface area contributed by atoms with E-state index in [0.717, 1.165) is 15.9 Å². The lowest BCUT2D eigenvalue weighted by Crippen LogP contribution is -2.14. The Kier molecular flexibility index (Phi) is 3.94. The van der Waals surface area contributed by atoms with Crippen LogP contribution in [0.15, 0.2) is 47.5 Å². The molecule has 1 heterocycles. The third kappa shape index (κ3) is 2.88. The molecule has 4 heteroatoms. The summed E-state index contributed by atoms with van der Waals surface area (Å²) in [7, 11) is 1.97. The second-order valence-electron chi connectivity index (χ2n) is 5.54. The van der Waals surface area contributed by atoms with E-state index in [1.54, 1.807) is 11.3 Å². The molecule has 0 unspecified atom stereocenters. The van der Waals surface area contributed by atoms with Gasteiger partial charge < -0.3 is 4.57 Å². The average molecular weight is 310 g/mol. The summed E-state index contributed by atoms with van der Waals surface area (Å²) in [5, 5.41) is 0. The third-order valence-corrected chi connectivity index (χ3v) is 4.73. The molecule has 0 fully saturated rings. The molecule has 0 aliphatic carbocycles. The largest absolute Gasteiger partial charge is 0.319 e. The number of benzene rings is 2. The first-order chi connectivity index (χ1) is 10.5. The summed E-state index contributed by atoms with van der Waals surface area (Å²) in [6, 6.07) is 14.0. The Bertz CT molecular complexity index is 904. The maximum atomic E-state index is 12.2. The lowest BCUT2D eigenvalue weighted by atomic mass is 10.1. The second kappa shape index (κ2) is 5.89. The van der Waals surface area contributed by atoms with Crippen molar-refractivity contribution in [2.75, 3.05) is 0 Å². The molecule has 0 saturated heterocycles. The van der Waals surface area contributed by atoms with Crippen LogP contribution in [0.4, 0.5) is 0 Å². The zero-order chi connectivity index (χ0) is 15.7. The molecule has 3 nitrogen and oxygen atoms in total. The maximum absolute atomic E-state index is 12.2. The summed E-state index contributed by atoms with van der Waals surface area (Å²) in [5.41, 5.74) is 4.59. The van der Waals surface area contributed by atoms with Gasteiger partial charge in [-0.2, -0.15) is 4.99 Å². The fraction of sp³-hybridized carbons (Fsp3) is 0.222. The lowest BCUT2D eigenvalue weighted by molar-refractivity contribution is -0.117. The van der Waals surface area contributed by atoms with E-state index in [1.807, 2.05) is 41.9 Å². The smallest absolute Gasteiger partial charge is 0.252 e. The van der Waals surface area contributed by atoms with Crippen LogP contribution >= 0.6 is 11.3 Å². The molecule has 0 N–H and O–H groups in total. The third-order valence-electron chi connectivity index (χ3n) is 3.65. The zero-order valence-corrected chi connectivity index (χ0v) is 13.8. The highest BCUT2D eigenvalue weighted by Gasteiger charge is 2.08. The molecule has 22 heavy (non-hydrogen) atoms. The molecule has 0 bridgehead atoms. The van der Waals surface area contributed by atoms with Crippen molar-refractivity contribution in [3.8, 4) is 0 Å². The summed E-state index contributed by atoms with van der Waals surface area (Å²) in [5.74, 6) is -0.109. The van der Waals surface area contributed by atoms with Gasteiger partial charge in [0.2, 0.25) is 0 Å². The van der Waals surface area contributed by atoms with Crippen molar-refractivity contribution in [1.29, 1.82) is 0 Å². The van der Waals surface area contributed by atoms with Gasteiger partial charge in [-0.25, -0.2) is 0 Å². The molecule has 0 aliphatic heterocycles. The van der Waals surface area contributed by atoms with Gasteiger partial charge >= 0.3 is 0 Å². The summed E-state index contributed by atoms with van der Waals surface area (Å²) in [4.78, 5) is 17.2. The quantitative estimate of drug-likeness (QED) is 0.713. The number of hydrogen-bond acceptors (Lipinski definition) is 2. The Morgan fingerprint density at radius 1 is 1.18 bits per heavy atom. The molecule has 1 amide bonds. The number of amides is 1. The summed E-state index contributed by atoms with van der Waals surface area (Å²) in [6.07, 6.45) is 0.340. The molecule has 0 aliphatic rings. The first-order valence-corrected chi connectivity index (χ1v) is 8.04. The number of rotatable bonds is 2. The number of hydrogen-bond donors (Lipinski definition) is 0. The normalized spacial score (nSPS) is 12.0. The van der Waals surface area contributed by atoms with E-state index in [2.05, 4.69) is 31.0 Å². The number of aryl methyl sites for hydroxylation is 3. The Morgan fingerprint density at radius 2 is 1.91 bits per heavy atom. The van der Waals surface area contributed by atoms with Crippen molar-refractivity contribution in [3.63, 3.8) is 0 Å². The molecule has 3 rings (SSSR count). The first kappa shape index (κ1) is 14.7. The highest BCUT2D eigenvalue weighted by Crippen LogP contribution is 2.22. The number of nitrogens with zero attached hydrogens (tertiary/aromatic N) is 2. The van der Waals surface area contributed by atoms with Crippen molar-refractivity contribution in [2.24, 2.45) is 12.0 Å². The minimum absolute atomic E-state index is 0.109. The van der Waals surface area contributed by atoms with Crippen LogP contribution in [0, 0.1) is 13.8 Å². The van der Waals surface area contributed by atoms with Crippen LogP contribution in [0.3, 0.4) is 0 Å². The maximum Gasteiger partial charge on any atom is 0.252 e. The van der Waals surface area contributed by atoms with E-state index < -0.39 is 0 Å².